The third-order valence-corrected chi connectivity index (χ3v) is 3.85. The van der Waals surface area contributed by atoms with E-state index < -0.39 is 5.91 Å². The van der Waals surface area contributed by atoms with Crippen LogP contribution in [0.1, 0.15) is 22.8 Å². The average molecular weight is 307 g/mol. The Morgan fingerprint density at radius 2 is 1.83 bits per heavy atom. The van der Waals surface area contributed by atoms with E-state index in [4.69, 9.17) is 0 Å². The van der Waals surface area contributed by atoms with Crippen LogP contribution in [-0.4, -0.2) is 15.6 Å². The molecule has 3 aromatic rings. The Labute approximate surface area is 133 Å². The molecule has 0 fully saturated rings. The first-order valence-electron chi connectivity index (χ1n) is 7.45. The van der Waals surface area contributed by atoms with Gasteiger partial charge in [-0.05, 0) is 31.5 Å². The van der Waals surface area contributed by atoms with Gasteiger partial charge in [0.05, 0.1) is 5.52 Å². The largest absolute Gasteiger partial charge is 0.493 e. The van der Waals surface area contributed by atoms with Gasteiger partial charge in [-0.3, -0.25) is 4.79 Å². The van der Waals surface area contributed by atoms with Crippen molar-refractivity contribution in [1.29, 1.82) is 0 Å². The molecule has 0 saturated carbocycles. The molecule has 116 valence electrons. The number of nitrogens with zero attached hydrogens (tertiary/aromatic N) is 3. The van der Waals surface area contributed by atoms with Gasteiger partial charge in [-0.25, -0.2) is 0 Å². The van der Waals surface area contributed by atoms with Crippen LogP contribution < -0.4 is 0 Å². The number of azo groups is 1. The zero-order chi connectivity index (χ0) is 16.4. The van der Waals surface area contributed by atoms with E-state index in [1.165, 1.54) is 0 Å². The van der Waals surface area contributed by atoms with Crippen molar-refractivity contribution >= 4 is 22.5 Å². The number of carbonyl (C=O) groups excluding carboxylic acids is 1. The summed E-state index contributed by atoms with van der Waals surface area (Å²) in [5.74, 6) is -0.397. The van der Waals surface area contributed by atoms with E-state index in [1.54, 1.807) is 16.7 Å². The van der Waals surface area contributed by atoms with Crippen LogP contribution in [0.25, 0.3) is 10.9 Å². The molecule has 0 unspecified atom stereocenters. The van der Waals surface area contributed by atoms with E-state index in [-0.39, 0.29) is 5.88 Å². The van der Waals surface area contributed by atoms with Crippen LogP contribution >= 0.6 is 0 Å². The Balaban J connectivity index is 2.03. The molecule has 0 bridgehead atoms. The fourth-order valence-electron chi connectivity index (χ4n) is 2.65. The van der Waals surface area contributed by atoms with Crippen LogP contribution in [0, 0.1) is 6.92 Å². The molecule has 0 aliphatic rings. The van der Waals surface area contributed by atoms with Gasteiger partial charge in [0.15, 0.2) is 5.69 Å². The van der Waals surface area contributed by atoms with Crippen molar-refractivity contribution in [2.24, 2.45) is 10.2 Å². The molecule has 0 aliphatic carbocycles. The number of fused-ring (bicyclic) bond motifs is 1. The fraction of sp³-hybridized carbons (Fsp3) is 0.167. The molecule has 5 nitrogen and oxygen atoms in total. The van der Waals surface area contributed by atoms with E-state index in [9.17, 15) is 9.90 Å². The molecule has 1 N–H and O–H groups in total. The molecule has 2 aromatic carbocycles. The predicted octanol–water partition coefficient (Wildman–Crippen LogP) is 4.60. The quantitative estimate of drug-likeness (QED) is 0.718. The molecule has 1 aromatic heterocycles. The zero-order valence-corrected chi connectivity index (χ0v) is 13.0. The number of aromatic nitrogens is 1. The molecule has 3 rings (SSSR count). The minimum atomic E-state index is -0.421. The molecule has 1 amide bonds. The van der Waals surface area contributed by atoms with Gasteiger partial charge in [0.2, 0.25) is 5.88 Å². The zero-order valence-electron chi connectivity index (χ0n) is 13.0. The number of aryl methyl sites for hydroxylation is 2. The molecule has 1 heterocycles. The first-order chi connectivity index (χ1) is 11.1. The van der Waals surface area contributed by atoms with Gasteiger partial charge in [-0.2, -0.15) is 0 Å². The van der Waals surface area contributed by atoms with E-state index in [0.717, 1.165) is 16.5 Å². The van der Waals surface area contributed by atoms with Gasteiger partial charge in [0, 0.05) is 17.5 Å². The molecule has 23 heavy (non-hydrogen) atoms. The van der Waals surface area contributed by atoms with E-state index >= 15 is 0 Å². The Bertz CT molecular complexity index is 910. The molecular formula is C18H17N3O2. The van der Waals surface area contributed by atoms with Gasteiger partial charge >= 0.3 is 0 Å². The maximum absolute atomic E-state index is 12.2. The summed E-state index contributed by atoms with van der Waals surface area (Å²) in [4.78, 5) is 12.2. The predicted molar refractivity (Wildman–Crippen MR) is 89.3 cm³/mol. The number of hydrogen-bond acceptors (Lipinski definition) is 3. The van der Waals surface area contributed by atoms with Crippen molar-refractivity contribution < 1.29 is 9.90 Å². The lowest BCUT2D eigenvalue weighted by molar-refractivity contribution is 0.0994. The van der Waals surface area contributed by atoms with Crippen LogP contribution in [0.4, 0.5) is 5.69 Å². The Morgan fingerprint density at radius 3 is 2.57 bits per heavy atom. The molecule has 0 radical (unpaired) electrons. The van der Waals surface area contributed by atoms with Crippen LogP contribution in [-0.2, 0) is 6.54 Å². The molecule has 5 heteroatoms. The van der Waals surface area contributed by atoms with Crippen LogP contribution in [0.15, 0.2) is 58.8 Å². The molecular weight excluding hydrogens is 290 g/mol. The Kier molecular flexibility index (Phi) is 3.93. The lowest BCUT2D eigenvalue weighted by Gasteiger charge is -2.01. The summed E-state index contributed by atoms with van der Waals surface area (Å²) in [6.07, 6.45) is 0. The maximum atomic E-state index is 12.2. The van der Waals surface area contributed by atoms with Crippen LogP contribution in [0.5, 0.6) is 5.88 Å². The first-order valence-corrected chi connectivity index (χ1v) is 7.45. The van der Waals surface area contributed by atoms with E-state index in [0.29, 0.717) is 17.8 Å². The van der Waals surface area contributed by atoms with Crippen molar-refractivity contribution in [3.8, 4) is 5.88 Å². The highest BCUT2D eigenvalue weighted by Gasteiger charge is 2.16. The fourth-order valence-corrected chi connectivity index (χ4v) is 2.65. The SMILES string of the molecule is CCn1c(O)c(N=NC(=O)c2ccccc2C)c2ccccc21. The minimum absolute atomic E-state index is 0.0232. The number of aromatic hydroxyl groups is 1. The van der Waals surface area contributed by atoms with Gasteiger partial charge in [-0.15, -0.1) is 10.2 Å². The normalized spacial score (nSPS) is 11.4. The standard InChI is InChI=1S/C18H17N3O2/c1-3-21-15-11-7-6-10-14(15)16(18(21)23)19-20-17(22)13-9-5-4-8-12(13)2/h4-11,23H,3H2,1-2H3. The number of benzene rings is 2. The monoisotopic (exact) mass is 307 g/mol. The van der Waals surface area contributed by atoms with Crippen LogP contribution in [0.3, 0.4) is 0 Å². The second-order valence-electron chi connectivity index (χ2n) is 5.25. The summed E-state index contributed by atoms with van der Waals surface area (Å²) in [6, 6.07) is 14.7. The third kappa shape index (κ3) is 2.61. The second-order valence-corrected chi connectivity index (χ2v) is 5.25. The van der Waals surface area contributed by atoms with Gasteiger partial charge in [0.1, 0.15) is 0 Å². The van der Waals surface area contributed by atoms with Gasteiger partial charge in [0.25, 0.3) is 5.91 Å². The smallest absolute Gasteiger partial charge is 0.295 e. The number of carbonyl (C=O) groups is 1. The topological polar surface area (TPSA) is 66.9 Å². The number of rotatable bonds is 3. The van der Waals surface area contributed by atoms with Gasteiger partial charge < -0.3 is 9.67 Å². The second kappa shape index (κ2) is 6.04. The van der Waals surface area contributed by atoms with E-state index in [2.05, 4.69) is 10.2 Å². The summed E-state index contributed by atoms with van der Waals surface area (Å²) in [5.41, 5.74) is 2.54. The summed E-state index contributed by atoms with van der Waals surface area (Å²) < 4.78 is 1.74. The highest BCUT2D eigenvalue weighted by molar-refractivity contribution is 5.98. The molecule has 0 atom stereocenters. The molecule has 0 saturated heterocycles. The molecule has 0 spiro atoms. The lowest BCUT2D eigenvalue weighted by Crippen LogP contribution is -1.96. The Hall–Kier alpha value is -2.95. The van der Waals surface area contributed by atoms with Crippen molar-refractivity contribution in [3.05, 3.63) is 59.7 Å². The summed E-state index contributed by atoms with van der Waals surface area (Å²) >= 11 is 0. The van der Waals surface area contributed by atoms with Crippen molar-refractivity contribution in [2.75, 3.05) is 0 Å². The lowest BCUT2D eigenvalue weighted by atomic mass is 10.1. The number of para-hydroxylation sites is 1. The summed E-state index contributed by atoms with van der Waals surface area (Å²) in [5, 5.41) is 18.9. The average Bonchev–Trinajstić information content (AvgIpc) is 2.84. The highest BCUT2D eigenvalue weighted by atomic mass is 16.3. The highest BCUT2D eigenvalue weighted by Crippen LogP contribution is 2.38. The van der Waals surface area contributed by atoms with E-state index in [1.807, 2.05) is 50.2 Å². The number of amides is 1. The number of hydrogen-bond donors (Lipinski definition) is 1. The van der Waals surface area contributed by atoms with Crippen molar-refractivity contribution in [1.82, 2.24) is 4.57 Å². The van der Waals surface area contributed by atoms with Crippen molar-refractivity contribution in [2.45, 2.75) is 20.4 Å². The van der Waals surface area contributed by atoms with Crippen molar-refractivity contribution in [3.63, 3.8) is 0 Å². The summed E-state index contributed by atoms with van der Waals surface area (Å²) in [6.45, 7) is 4.39. The third-order valence-electron chi connectivity index (χ3n) is 3.85. The molecule has 0 aliphatic heterocycles. The minimum Gasteiger partial charge on any atom is -0.493 e. The summed E-state index contributed by atoms with van der Waals surface area (Å²) in [7, 11) is 0. The first kappa shape index (κ1) is 15.0. The van der Waals surface area contributed by atoms with Crippen LogP contribution in [0.2, 0.25) is 0 Å². The maximum Gasteiger partial charge on any atom is 0.295 e. The Morgan fingerprint density at radius 1 is 1.13 bits per heavy atom. The van der Waals surface area contributed by atoms with Gasteiger partial charge in [-0.1, -0.05) is 36.4 Å².